The third-order valence-corrected chi connectivity index (χ3v) is 7.19. The third kappa shape index (κ3) is 5.09. The Labute approximate surface area is 162 Å². The summed E-state index contributed by atoms with van der Waals surface area (Å²) >= 11 is 0. The molecule has 3 N–H and O–H groups in total. The Balaban J connectivity index is 1.66. The molecule has 0 aromatic heterocycles. The monoisotopic (exact) mass is 393 g/mol. The van der Waals surface area contributed by atoms with E-state index in [1.165, 1.54) is 19.3 Å². The number of amides is 1. The van der Waals surface area contributed by atoms with Gasteiger partial charge in [0, 0.05) is 18.1 Å². The third-order valence-electron chi connectivity index (χ3n) is 5.34. The number of benzene rings is 1. The van der Waals surface area contributed by atoms with Crippen LogP contribution in [0.25, 0.3) is 0 Å². The Morgan fingerprint density at radius 2 is 1.89 bits per heavy atom. The summed E-state index contributed by atoms with van der Waals surface area (Å²) in [7, 11) is -3.65. The van der Waals surface area contributed by atoms with Crippen LogP contribution in [-0.4, -0.2) is 31.9 Å². The number of carbonyl (C=O) groups excluding carboxylic acids is 1. The van der Waals surface area contributed by atoms with Gasteiger partial charge in [-0.1, -0.05) is 31.0 Å². The van der Waals surface area contributed by atoms with Gasteiger partial charge in [-0.2, -0.15) is 0 Å². The van der Waals surface area contributed by atoms with Crippen molar-refractivity contribution in [2.45, 2.75) is 81.9 Å². The Morgan fingerprint density at radius 3 is 2.59 bits per heavy atom. The van der Waals surface area contributed by atoms with Crippen molar-refractivity contribution in [3.05, 3.63) is 29.8 Å². The first-order valence-electron chi connectivity index (χ1n) is 9.81. The molecule has 27 heavy (non-hydrogen) atoms. The molecule has 7 heteroatoms. The lowest BCUT2D eigenvalue weighted by atomic mass is 9.85. The molecular weight excluding hydrogens is 362 g/mol. The summed E-state index contributed by atoms with van der Waals surface area (Å²) in [6.45, 7) is 5.62. The number of nitrogens with one attached hydrogen (secondary N) is 3. The smallest absolute Gasteiger partial charge is 0.241 e. The van der Waals surface area contributed by atoms with Crippen LogP contribution < -0.4 is 15.4 Å². The fourth-order valence-corrected chi connectivity index (χ4v) is 5.86. The molecule has 3 rings (SSSR count). The molecule has 150 valence electrons. The van der Waals surface area contributed by atoms with E-state index in [1.807, 2.05) is 0 Å². The van der Waals surface area contributed by atoms with Gasteiger partial charge >= 0.3 is 0 Å². The largest absolute Gasteiger partial charge is 0.351 e. The molecule has 0 spiro atoms. The Bertz CT molecular complexity index is 772. The highest BCUT2D eigenvalue weighted by Gasteiger charge is 2.38. The van der Waals surface area contributed by atoms with E-state index in [9.17, 15) is 13.2 Å². The van der Waals surface area contributed by atoms with E-state index in [0.29, 0.717) is 17.5 Å². The summed E-state index contributed by atoms with van der Waals surface area (Å²) < 4.78 is 28.1. The van der Waals surface area contributed by atoms with Crippen LogP contribution in [0.15, 0.2) is 29.2 Å². The van der Waals surface area contributed by atoms with Gasteiger partial charge in [0.2, 0.25) is 15.9 Å². The molecule has 1 aliphatic heterocycles. The summed E-state index contributed by atoms with van der Waals surface area (Å²) in [6, 6.07) is 7.11. The second-order valence-corrected chi connectivity index (χ2v) is 10.4. The number of hydrogen-bond acceptors (Lipinski definition) is 4. The van der Waals surface area contributed by atoms with Gasteiger partial charge in [-0.25, -0.2) is 13.1 Å². The molecule has 1 saturated carbocycles. The minimum absolute atomic E-state index is 0.0413. The van der Waals surface area contributed by atoms with Crippen molar-refractivity contribution in [3.8, 4) is 0 Å². The Hall–Kier alpha value is -1.44. The number of sulfonamides is 1. The van der Waals surface area contributed by atoms with Crippen LogP contribution in [0.5, 0.6) is 0 Å². The van der Waals surface area contributed by atoms with Gasteiger partial charge < -0.3 is 10.6 Å². The lowest BCUT2D eigenvalue weighted by molar-refractivity contribution is -0.123. The van der Waals surface area contributed by atoms with Crippen molar-refractivity contribution in [3.63, 3.8) is 0 Å². The fourth-order valence-electron chi connectivity index (χ4n) is 4.20. The molecule has 0 bridgehead atoms. The number of hydrogen-bond donors (Lipinski definition) is 3. The SMILES string of the molecule is CC(C)(C)NS(=O)(=O)c1ccccc1CNC(=O)C1CC2CCCCC2N1. The molecule has 1 heterocycles. The maximum Gasteiger partial charge on any atom is 0.241 e. The molecule has 0 radical (unpaired) electrons. The topological polar surface area (TPSA) is 87.3 Å². The van der Waals surface area contributed by atoms with E-state index < -0.39 is 15.6 Å². The zero-order chi connectivity index (χ0) is 19.7. The zero-order valence-corrected chi connectivity index (χ0v) is 17.2. The standard InChI is InChI=1S/C20H31N3O3S/c1-20(2,3)23-27(25,26)18-11-7-5-9-15(18)13-21-19(24)17-12-14-8-4-6-10-16(14)22-17/h5,7,9,11,14,16-17,22-23H,4,6,8,10,12-13H2,1-3H3,(H,21,24). The highest BCUT2D eigenvalue weighted by Crippen LogP contribution is 2.33. The second-order valence-electron chi connectivity index (χ2n) is 8.79. The zero-order valence-electron chi connectivity index (χ0n) is 16.4. The van der Waals surface area contributed by atoms with Gasteiger partial charge in [-0.3, -0.25) is 4.79 Å². The van der Waals surface area contributed by atoms with Crippen molar-refractivity contribution < 1.29 is 13.2 Å². The van der Waals surface area contributed by atoms with Crippen molar-refractivity contribution in [1.82, 2.24) is 15.4 Å². The number of carbonyl (C=O) groups is 1. The Morgan fingerprint density at radius 1 is 1.19 bits per heavy atom. The summed E-state index contributed by atoms with van der Waals surface area (Å²) in [4.78, 5) is 12.8. The van der Waals surface area contributed by atoms with Crippen LogP contribution in [0.4, 0.5) is 0 Å². The first-order chi connectivity index (χ1) is 12.7. The minimum atomic E-state index is -3.65. The first-order valence-corrected chi connectivity index (χ1v) is 11.3. The van der Waals surface area contributed by atoms with Crippen molar-refractivity contribution in [1.29, 1.82) is 0 Å². The molecule has 3 atom stereocenters. The fraction of sp³-hybridized carbons (Fsp3) is 0.650. The van der Waals surface area contributed by atoms with Gasteiger partial charge in [0.25, 0.3) is 0 Å². The molecule has 2 aliphatic rings. The highest BCUT2D eigenvalue weighted by atomic mass is 32.2. The normalized spacial score (nSPS) is 25.8. The highest BCUT2D eigenvalue weighted by molar-refractivity contribution is 7.89. The number of fused-ring (bicyclic) bond motifs is 1. The lowest BCUT2D eigenvalue weighted by Gasteiger charge is -2.24. The van der Waals surface area contributed by atoms with Crippen LogP contribution >= 0.6 is 0 Å². The summed E-state index contributed by atoms with van der Waals surface area (Å²) in [5.74, 6) is 0.554. The molecule has 1 aromatic carbocycles. The van der Waals surface area contributed by atoms with E-state index in [-0.39, 0.29) is 23.4 Å². The van der Waals surface area contributed by atoms with E-state index in [2.05, 4.69) is 15.4 Å². The van der Waals surface area contributed by atoms with Crippen molar-refractivity contribution in [2.24, 2.45) is 5.92 Å². The van der Waals surface area contributed by atoms with E-state index in [1.54, 1.807) is 45.0 Å². The summed E-state index contributed by atoms with van der Waals surface area (Å²) in [5, 5.41) is 6.39. The minimum Gasteiger partial charge on any atom is -0.351 e. The van der Waals surface area contributed by atoms with E-state index >= 15 is 0 Å². The van der Waals surface area contributed by atoms with Crippen LogP contribution in [0.1, 0.15) is 58.4 Å². The second kappa shape index (κ2) is 7.89. The predicted molar refractivity (Wildman–Crippen MR) is 106 cm³/mol. The average Bonchev–Trinajstić information content (AvgIpc) is 3.02. The molecule has 2 fully saturated rings. The average molecular weight is 394 g/mol. The summed E-state index contributed by atoms with van der Waals surface area (Å²) in [6.07, 6.45) is 5.70. The molecule has 1 aromatic rings. The predicted octanol–water partition coefficient (Wildman–Crippen LogP) is 2.30. The molecular formula is C20H31N3O3S. The molecule has 1 saturated heterocycles. The molecule has 6 nitrogen and oxygen atoms in total. The van der Waals surface area contributed by atoms with Gasteiger partial charge in [0.15, 0.2) is 0 Å². The van der Waals surface area contributed by atoms with E-state index in [0.717, 1.165) is 12.8 Å². The van der Waals surface area contributed by atoms with Crippen LogP contribution in [0.2, 0.25) is 0 Å². The maximum atomic E-state index is 12.7. The van der Waals surface area contributed by atoms with Gasteiger partial charge in [0.1, 0.15) is 0 Å². The molecule has 1 amide bonds. The Kier molecular flexibility index (Phi) is 5.93. The number of rotatable bonds is 5. The van der Waals surface area contributed by atoms with Gasteiger partial charge in [-0.15, -0.1) is 0 Å². The first kappa shape index (κ1) is 20.3. The maximum absolute atomic E-state index is 12.7. The van der Waals surface area contributed by atoms with Crippen molar-refractivity contribution >= 4 is 15.9 Å². The van der Waals surface area contributed by atoms with Crippen LogP contribution in [0, 0.1) is 5.92 Å². The van der Waals surface area contributed by atoms with Gasteiger partial charge in [-0.05, 0) is 57.6 Å². The van der Waals surface area contributed by atoms with Crippen molar-refractivity contribution in [2.75, 3.05) is 0 Å². The lowest BCUT2D eigenvalue weighted by Crippen LogP contribution is -2.43. The quantitative estimate of drug-likeness (QED) is 0.716. The molecule has 3 unspecified atom stereocenters. The van der Waals surface area contributed by atoms with Gasteiger partial charge in [0.05, 0.1) is 10.9 Å². The summed E-state index contributed by atoms with van der Waals surface area (Å²) in [5.41, 5.74) is 0.0252. The molecule has 1 aliphatic carbocycles. The van der Waals surface area contributed by atoms with Crippen LogP contribution in [-0.2, 0) is 21.4 Å². The van der Waals surface area contributed by atoms with Crippen LogP contribution in [0.3, 0.4) is 0 Å². The van der Waals surface area contributed by atoms with E-state index in [4.69, 9.17) is 0 Å².